The molecule has 0 unspecified atom stereocenters. The van der Waals surface area contributed by atoms with Crippen LogP contribution in [0.3, 0.4) is 0 Å². The largest absolute Gasteiger partial charge is 0.208 e. The molecular formula is C131H83N9. The van der Waals surface area contributed by atoms with Crippen molar-refractivity contribution in [2.24, 2.45) is 0 Å². The Balaban J connectivity index is 0.000000111. The van der Waals surface area contributed by atoms with Crippen LogP contribution in [-0.4, -0.2) is 44.9 Å². The Bertz CT molecular complexity index is 9250. The number of rotatable bonds is 13. The molecule has 0 N–H and O–H groups in total. The van der Waals surface area contributed by atoms with Crippen LogP contribution in [0.1, 0.15) is 0 Å². The molecule has 27 aromatic rings. The second kappa shape index (κ2) is 36.2. The van der Waals surface area contributed by atoms with Gasteiger partial charge in [-0.05, 0) is 242 Å². The van der Waals surface area contributed by atoms with Crippen molar-refractivity contribution in [2.75, 3.05) is 0 Å². The lowest BCUT2D eigenvalue weighted by Crippen LogP contribution is -2.00. The van der Waals surface area contributed by atoms with Crippen molar-refractivity contribution >= 4 is 118 Å². The lowest BCUT2D eigenvalue weighted by Gasteiger charge is -2.11. The van der Waals surface area contributed by atoms with Crippen molar-refractivity contribution in [2.45, 2.75) is 0 Å². The van der Waals surface area contributed by atoms with Gasteiger partial charge in [-0.3, -0.25) is 0 Å². The molecule has 9 nitrogen and oxygen atoms in total. The third-order valence-electron chi connectivity index (χ3n) is 26.8. The van der Waals surface area contributed by atoms with Crippen LogP contribution < -0.4 is 0 Å². The minimum Gasteiger partial charge on any atom is -0.208 e. The Labute approximate surface area is 808 Å². The SMILES string of the molecule is c1ccc(-c2ccc(-c3ccc4cc(-c5nc(-c6ccc7ccccc7c6)nc(-c6ccc7ccccc7c6)n5)ccc4c3)cc2)cc1.c1ccc2cc(-c3ccc4cc(-c5nc(-c6ccc7ccccc7c6)nc(-c6ccc7ccccc7c6)n5)ccc4c3)ccc2c1.c1ccc2cc(-c3nc(-c4ccc5ccccc5c4)nc(-c4ccc5cc(-c6cccc7ccccc67)ccc5c4)n3)ccc2c1. The third-order valence-corrected chi connectivity index (χ3v) is 26.8. The van der Waals surface area contributed by atoms with E-state index in [2.05, 4.69) is 497 Å². The third kappa shape index (κ3) is 16.9. The topological polar surface area (TPSA) is 116 Å². The monoisotopic (exact) mass is 1780 g/mol. The average Bonchev–Trinajstić information content (AvgIpc) is 0.778. The zero-order chi connectivity index (χ0) is 92.8. The maximum atomic E-state index is 5.05. The first-order valence-electron chi connectivity index (χ1n) is 47.2. The summed E-state index contributed by atoms with van der Waals surface area (Å²) in [4.78, 5) is 45.4. The van der Waals surface area contributed by atoms with E-state index in [9.17, 15) is 0 Å². The van der Waals surface area contributed by atoms with Gasteiger partial charge in [0.2, 0.25) is 0 Å². The molecule has 652 valence electrons. The summed E-state index contributed by atoms with van der Waals surface area (Å²) in [6, 6.07) is 177. The van der Waals surface area contributed by atoms with Crippen LogP contribution >= 0.6 is 0 Å². The standard InChI is InChI=1S/C45H29N3.2C43H27N3/c1-2-8-30(9-3-1)33-14-16-34(17-15-33)37-20-21-39-29-42(25-22-38(39)26-37)45-47-43(40-23-18-31-10-4-6-12-35(31)27-40)46-44(48-45)41-24-19-32-11-5-7-13-36(32)28-41;1-4-10-31-23-34(16-13-28(31)7-1)35-17-18-37-27-40(22-19-36(37)24-35)43-45-41(38-20-14-29-8-2-5-11-32(29)25-38)44-42(46-43)39-21-15-30-9-3-6-12-33(30)26-39;1-3-11-31-25-36(21-16-28(31)8-1)41-44-42(37-22-17-29-9-2-4-12-32(29)26-37)46-43(45-41)38-23-19-33-24-35(20-18-34(33)27-38)40-15-7-13-30-10-5-6-14-39(30)40/h1-29H;2*1-27H. The van der Waals surface area contributed by atoms with Gasteiger partial charge in [-0.1, -0.05) is 425 Å². The van der Waals surface area contributed by atoms with E-state index in [1.54, 1.807) is 0 Å². The van der Waals surface area contributed by atoms with E-state index in [1.807, 2.05) is 6.07 Å². The van der Waals surface area contributed by atoms with E-state index < -0.39 is 0 Å². The molecule has 27 rings (SSSR count). The number of aromatic nitrogens is 9. The smallest absolute Gasteiger partial charge is 0.164 e. The molecule has 0 bridgehead atoms. The summed E-state index contributed by atoms with van der Waals surface area (Å²) in [5.41, 5.74) is 18.3. The highest BCUT2D eigenvalue weighted by molar-refractivity contribution is 6.02. The summed E-state index contributed by atoms with van der Waals surface area (Å²) >= 11 is 0. The maximum Gasteiger partial charge on any atom is 0.164 e. The minimum atomic E-state index is 0.652. The van der Waals surface area contributed by atoms with Crippen molar-refractivity contribution in [3.63, 3.8) is 0 Å². The Morgan fingerprint density at radius 1 is 0.0857 bits per heavy atom. The van der Waals surface area contributed by atoms with Crippen LogP contribution in [0.5, 0.6) is 0 Å². The summed E-state index contributed by atoms with van der Waals surface area (Å²) in [5.74, 6) is 5.90. The molecule has 24 aromatic carbocycles. The van der Waals surface area contributed by atoms with E-state index in [0.717, 1.165) is 98.5 Å². The predicted octanol–water partition coefficient (Wildman–Crippen LogP) is 34.0. The molecule has 0 aliphatic carbocycles. The molecule has 0 saturated carbocycles. The summed E-state index contributed by atoms with van der Waals surface area (Å²) < 4.78 is 0. The quantitative estimate of drug-likeness (QED) is 0.111. The van der Waals surface area contributed by atoms with Crippen LogP contribution in [0, 0.1) is 0 Å². The van der Waals surface area contributed by atoms with E-state index in [1.165, 1.54) is 115 Å². The number of hydrogen-bond donors (Lipinski definition) is 0. The van der Waals surface area contributed by atoms with Gasteiger partial charge >= 0.3 is 0 Å². The Morgan fingerprint density at radius 3 is 0.493 bits per heavy atom. The number of hydrogen-bond acceptors (Lipinski definition) is 9. The molecule has 3 aromatic heterocycles. The van der Waals surface area contributed by atoms with Crippen molar-refractivity contribution in [1.29, 1.82) is 0 Å². The van der Waals surface area contributed by atoms with Gasteiger partial charge in [0.1, 0.15) is 0 Å². The zero-order valence-electron chi connectivity index (χ0n) is 75.9. The number of nitrogens with zero attached hydrogens (tertiary/aromatic N) is 9. The van der Waals surface area contributed by atoms with Crippen molar-refractivity contribution in [3.05, 3.63) is 504 Å². The van der Waals surface area contributed by atoms with Crippen LogP contribution in [0.2, 0.25) is 0 Å². The Hall–Kier alpha value is -18.8. The van der Waals surface area contributed by atoms with Crippen LogP contribution in [-0.2, 0) is 0 Å². The van der Waals surface area contributed by atoms with Gasteiger partial charge in [0.05, 0.1) is 0 Å². The molecule has 0 radical (unpaired) electrons. The molecule has 0 fully saturated rings. The maximum absolute atomic E-state index is 5.05. The fourth-order valence-electron chi connectivity index (χ4n) is 19.3. The summed E-state index contributed by atoms with van der Waals surface area (Å²) in [6.07, 6.45) is 0. The highest BCUT2D eigenvalue weighted by Gasteiger charge is 2.21. The molecule has 0 saturated heterocycles. The molecule has 0 amide bonds. The second-order valence-corrected chi connectivity index (χ2v) is 35.7. The first-order chi connectivity index (χ1) is 69.2. The van der Waals surface area contributed by atoms with Crippen LogP contribution in [0.4, 0.5) is 0 Å². The van der Waals surface area contributed by atoms with Crippen molar-refractivity contribution in [3.8, 4) is 147 Å². The Morgan fingerprint density at radius 2 is 0.236 bits per heavy atom. The lowest BCUT2D eigenvalue weighted by atomic mass is 9.96. The van der Waals surface area contributed by atoms with Gasteiger partial charge in [0, 0.05) is 50.1 Å². The molecule has 0 aliphatic heterocycles. The van der Waals surface area contributed by atoms with Gasteiger partial charge < -0.3 is 0 Å². The molecular weight excluding hydrogens is 1700 g/mol. The van der Waals surface area contributed by atoms with Crippen LogP contribution in [0.25, 0.3) is 265 Å². The second-order valence-electron chi connectivity index (χ2n) is 35.7. The summed E-state index contributed by atoms with van der Waals surface area (Å²) in [7, 11) is 0. The molecule has 0 aliphatic rings. The first kappa shape index (κ1) is 83.0. The molecule has 0 atom stereocenters. The highest BCUT2D eigenvalue weighted by Crippen LogP contribution is 2.40. The predicted molar refractivity (Wildman–Crippen MR) is 583 cm³/mol. The molecule has 140 heavy (non-hydrogen) atoms. The van der Waals surface area contributed by atoms with Gasteiger partial charge in [-0.25, -0.2) is 44.9 Å². The fraction of sp³-hybridized carbons (Fsp3) is 0. The molecule has 3 heterocycles. The van der Waals surface area contributed by atoms with E-state index >= 15 is 0 Å². The highest BCUT2D eigenvalue weighted by atomic mass is 15.1. The minimum absolute atomic E-state index is 0.652. The average molecular weight is 1780 g/mol. The van der Waals surface area contributed by atoms with Gasteiger partial charge in [0.25, 0.3) is 0 Å². The van der Waals surface area contributed by atoms with Crippen LogP contribution in [0.15, 0.2) is 504 Å². The first-order valence-corrected chi connectivity index (χ1v) is 47.2. The zero-order valence-corrected chi connectivity index (χ0v) is 75.9. The lowest BCUT2D eigenvalue weighted by molar-refractivity contribution is 1.08. The van der Waals surface area contributed by atoms with E-state index in [4.69, 9.17) is 44.9 Å². The van der Waals surface area contributed by atoms with Gasteiger partial charge in [-0.15, -0.1) is 0 Å². The molecule has 0 spiro atoms. The normalized spacial score (nSPS) is 11.4. The van der Waals surface area contributed by atoms with E-state index in [0.29, 0.717) is 52.4 Å². The van der Waals surface area contributed by atoms with Crippen molar-refractivity contribution < 1.29 is 0 Å². The van der Waals surface area contributed by atoms with Gasteiger partial charge in [0.15, 0.2) is 52.4 Å². The fourth-order valence-corrected chi connectivity index (χ4v) is 19.3. The summed E-state index contributed by atoms with van der Waals surface area (Å²) in [6.45, 7) is 0. The Kier molecular flexibility index (Phi) is 21.5. The van der Waals surface area contributed by atoms with Crippen molar-refractivity contribution in [1.82, 2.24) is 44.9 Å². The number of fused-ring (bicyclic) bond motifs is 11. The number of benzene rings is 24. The van der Waals surface area contributed by atoms with Gasteiger partial charge in [-0.2, -0.15) is 0 Å². The summed E-state index contributed by atoms with van der Waals surface area (Å²) in [5, 5.41) is 26.0. The molecule has 9 heteroatoms. The van der Waals surface area contributed by atoms with E-state index in [-0.39, 0.29) is 0 Å².